The number of carbonyl (C=O) groups is 1. The van der Waals surface area contributed by atoms with E-state index in [2.05, 4.69) is 15.3 Å². The third-order valence-corrected chi connectivity index (χ3v) is 4.35. The SMILES string of the molecule is Nc1cc(-c2cccc3c2C=C[N+]3(N)C(=O)Nc2ccc(F)cc2)ncn1. The van der Waals surface area contributed by atoms with Gasteiger partial charge in [-0.1, -0.05) is 12.1 Å². The van der Waals surface area contributed by atoms with E-state index in [1.54, 1.807) is 30.5 Å². The van der Waals surface area contributed by atoms with Gasteiger partial charge < -0.3 is 5.73 Å². The number of amides is 2. The Morgan fingerprint density at radius 3 is 2.63 bits per heavy atom. The largest absolute Gasteiger partial charge is 0.450 e. The van der Waals surface area contributed by atoms with Crippen LogP contribution in [0, 0.1) is 5.82 Å². The number of rotatable bonds is 2. The molecule has 0 radical (unpaired) electrons. The Kier molecular flexibility index (Phi) is 3.91. The van der Waals surface area contributed by atoms with E-state index >= 15 is 0 Å². The topological polar surface area (TPSA) is 107 Å². The van der Waals surface area contributed by atoms with E-state index < -0.39 is 10.6 Å². The van der Waals surface area contributed by atoms with Gasteiger partial charge in [0.2, 0.25) is 0 Å². The number of nitrogens with one attached hydrogen (secondary N) is 1. The number of benzene rings is 2. The normalized spacial score (nSPS) is 17.6. The van der Waals surface area contributed by atoms with E-state index in [-0.39, 0.29) is 5.82 Å². The van der Waals surface area contributed by atoms with Gasteiger partial charge in [0.1, 0.15) is 24.2 Å². The van der Waals surface area contributed by atoms with Gasteiger partial charge in [0.15, 0.2) is 5.69 Å². The van der Waals surface area contributed by atoms with E-state index in [1.165, 1.54) is 30.6 Å². The van der Waals surface area contributed by atoms with Gasteiger partial charge in [-0.25, -0.2) is 19.2 Å². The molecule has 4 rings (SSSR count). The van der Waals surface area contributed by atoms with E-state index in [4.69, 9.17) is 11.6 Å². The minimum Gasteiger partial charge on any atom is -0.384 e. The smallest absolute Gasteiger partial charge is 0.384 e. The van der Waals surface area contributed by atoms with Crippen LogP contribution in [-0.2, 0) is 0 Å². The van der Waals surface area contributed by atoms with Crippen LogP contribution in [0.2, 0.25) is 0 Å². The zero-order chi connectivity index (χ0) is 19.0. The van der Waals surface area contributed by atoms with Crippen molar-refractivity contribution in [2.45, 2.75) is 0 Å². The van der Waals surface area contributed by atoms with Gasteiger partial charge in [-0.05, 0) is 24.3 Å². The number of aromatic nitrogens is 2. The minimum absolute atomic E-state index is 0.349. The van der Waals surface area contributed by atoms with Crippen LogP contribution in [-0.4, -0.2) is 16.0 Å². The number of carbonyl (C=O) groups excluding carboxylic acids is 1. The Morgan fingerprint density at radius 1 is 1.11 bits per heavy atom. The number of fused-ring (bicyclic) bond motifs is 1. The molecule has 1 atom stereocenters. The molecular weight excluding hydrogens is 347 g/mol. The van der Waals surface area contributed by atoms with Crippen molar-refractivity contribution in [3.63, 3.8) is 0 Å². The number of hydrogen-bond donors (Lipinski definition) is 3. The van der Waals surface area contributed by atoms with Crippen molar-refractivity contribution in [1.82, 2.24) is 14.6 Å². The Balaban J connectivity index is 1.70. The molecule has 0 saturated carbocycles. The highest BCUT2D eigenvalue weighted by atomic mass is 19.1. The molecule has 27 heavy (non-hydrogen) atoms. The first-order valence-corrected chi connectivity index (χ1v) is 8.12. The van der Waals surface area contributed by atoms with Crippen LogP contribution in [0.25, 0.3) is 17.3 Å². The number of nitrogens with two attached hydrogens (primary N) is 2. The Hall–Kier alpha value is -3.62. The molecule has 1 aliphatic heterocycles. The molecule has 3 aromatic rings. The van der Waals surface area contributed by atoms with Crippen molar-refractivity contribution < 1.29 is 9.18 Å². The van der Waals surface area contributed by atoms with Gasteiger partial charge in [-0.2, -0.15) is 5.84 Å². The summed E-state index contributed by atoms with van der Waals surface area (Å²) in [5.41, 5.74) is 8.98. The van der Waals surface area contributed by atoms with Crippen molar-refractivity contribution >= 4 is 29.3 Å². The number of halogens is 1. The molecule has 2 aromatic carbocycles. The van der Waals surface area contributed by atoms with Gasteiger partial charge >= 0.3 is 6.03 Å². The van der Waals surface area contributed by atoms with Crippen molar-refractivity contribution in [2.75, 3.05) is 11.1 Å². The van der Waals surface area contributed by atoms with Crippen molar-refractivity contribution in [2.24, 2.45) is 5.84 Å². The van der Waals surface area contributed by atoms with Crippen molar-refractivity contribution in [3.8, 4) is 11.3 Å². The first-order chi connectivity index (χ1) is 13.0. The third kappa shape index (κ3) is 2.92. The number of quaternary nitrogens is 1. The lowest BCUT2D eigenvalue weighted by Crippen LogP contribution is -2.56. The maximum Gasteiger partial charge on any atom is 0.450 e. The molecule has 2 amide bonds. The van der Waals surface area contributed by atoms with Crippen LogP contribution in [0.4, 0.5) is 26.4 Å². The highest BCUT2D eigenvalue weighted by Gasteiger charge is 2.41. The molecule has 2 heterocycles. The number of anilines is 2. The average molecular weight is 363 g/mol. The fraction of sp³-hybridized carbons (Fsp3) is 0. The lowest BCUT2D eigenvalue weighted by atomic mass is 10.0. The molecule has 8 heteroatoms. The lowest BCUT2D eigenvalue weighted by molar-refractivity contribution is 0.230. The van der Waals surface area contributed by atoms with E-state index in [0.29, 0.717) is 22.9 Å². The van der Waals surface area contributed by atoms with Crippen LogP contribution >= 0.6 is 0 Å². The summed E-state index contributed by atoms with van der Waals surface area (Å²) in [5.74, 6) is 6.34. The fourth-order valence-electron chi connectivity index (χ4n) is 2.99. The van der Waals surface area contributed by atoms with E-state index in [9.17, 15) is 9.18 Å². The highest BCUT2D eigenvalue weighted by Crippen LogP contribution is 2.39. The molecule has 0 spiro atoms. The molecular formula is C19H16FN6O+. The van der Waals surface area contributed by atoms with Crippen LogP contribution in [0.1, 0.15) is 5.56 Å². The predicted octanol–water partition coefficient (Wildman–Crippen LogP) is 3.26. The van der Waals surface area contributed by atoms with Crippen molar-refractivity contribution in [1.29, 1.82) is 0 Å². The first-order valence-electron chi connectivity index (χ1n) is 8.12. The van der Waals surface area contributed by atoms with Crippen LogP contribution in [0.3, 0.4) is 0 Å². The predicted molar refractivity (Wildman–Crippen MR) is 102 cm³/mol. The number of urea groups is 1. The van der Waals surface area contributed by atoms with Gasteiger partial charge in [0, 0.05) is 29.5 Å². The Morgan fingerprint density at radius 2 is 1.89 bits per heavy atom. The average Bonchev–Trinajstić information content (AvgIpc) is 3.02. The number of nitrogens with zero attached hydrogens (tertiary/aromatic N) is 3. The summed E-state index contributed by atoms with van der Waals surface area (Å²) in [6.07, 6.45) is 4.74. The fourth-order valence-corrected chi connectivity index (χ4v) is 2.99. The van der Waals surface area contributed by atoms with Gasteiger partial charge in [0.05, 0.1) is 11.3 Å². The van der Waals surface area contributed by atoms with Crippen molar-refractivity contribution in [3.05, 3.63) is 72.4 Å². The zero-order valence-electron chi connectivity index (χ0n) is 14.1. The second kappa shape index (κ2) is 6.27. The monoisotopic (exact) mass is 363 g/mol. The Labute approximate surface area is 154 Å². The van der Waals surface area contributed by atoms with Crippen LogP contribution in [0.15, 0.2) is 61.1 Å². The van der Waals surface area contributed by atoms with E-state index in [1.807, 2.05) is 6.07 Å². The second-order valence-electron chi connectivity index (χ2n) is 6.10. The second-order valence-corrected chi connectivity index (χ2v) is 6.10. The summed E-state index contributed by atoms with van der Waals surface area (Å²) in [5, 5.41) is 2.71. The maximum absolute atomic E-state index is 13.1. The summed E-state index contributed by atoms with van der Waals surface area (Å²) in [6.45, 7) is 0. The first kappa shape index (κ1) is 16.8. The molecule has 0 aliphatic carbocycles. The molecule has 0 bridgehead atoms. The molecule has 7 nitrogen and oxygen atoms in total. The highest BCUT2D eigenvalue weighted by molar-refractivity contribution is 6.03. The summed E-state index contributed by atoms with van der Waals surface area (Å²) in [7, 11) is 0. The van der Waals surface area contributed by atoms with Gasteiger partial charge in [-0.15, -0.1) is 4.59 Å². The van der Waals surface area contributed by atoms with E-state index in [0.717, 1.165) is 11.1 Å². The lowest BCUT2D eigenvalue weighted by Gasteiger charge is -2.23. The summed E-state index contributed by atoms with van der Waals surface area (Å²) in [4.78, 5) is 21.0. The summed E-state index contributed by atoms with van der Waals surface area (Å²) in [6, 6.07) is 12.1. The van der Waals surface area contributed by atoms with Crippen LogP contribution < -0.4 is 21.5 Å². The standard InChI is InChI=1S/C19H15FN6O/c20-12-4-6-13(7-5-12)25-19(27)26(22)9-8-15-14(2-1-3-17(15)26)16-10-18(21)24-11-23-16/h1-11H,22H2,(H2-,21,23,24,25,27)/p+1. The maximum atomic E-state index is 13.1. The molecule has 1 unspecified atom stereocenters. The molecule has 1 aromatic heterocycles. The minimum atomic E-state index is -0.568. The molecule has 134 valence electrons. The Bertz CT molecular complexity index is 1070. The summed E-state index contributed by atoms with van der Waals surface area (Å²) >= 11 is 0. The molecule has 0 saturated heterocycles. The van der Waals surface area contributed by atoms with Gasteiger partial charge in [0.25, 0.3) is 0 Å². The third-order valence-electron chi connectivity index (χ3n) is 4.35. The van der Waals surface area contributed by atoms with Crippen LogP contribution in [0.5, 0.6) is 0 Å². The van der Waals surface area contributed by atoms with Gasteiger partial charge in [-0.3, -0.25) is 5.32 Å². The molecule has 1 aliphatic rings. The molecule has 5 N–H and O–H groups in total. The zero-order valence-corrected chi connectivity index (χ0v) is 14.1. The summed E-state index contributed by atoms with van der Waals surface area (Å²) < 4.78 is 12.5. The molecule has 0 fully saturated rings. The quantitative estimate of drug-likeness (QED) is 0.368. The number of nitrogen functional groups attached to an aromatic ring is 1. The number of hydrogen-bond acceptors (Lipinski definition) is 5.